The van der Waals surface area contributed by atoms with Crippen LogP contribution in [0.5, 0.6) is 5.75 Å². The number of hydrogen-bond acceptors (Lipinski definition) is 3. The lowest BCUT2D eigenvalue weighted by atomic mass is 10.2. The molecule has 0 saturated heterocycles. The minimum Gasteiger partial charge on any atom is -0.497 e. The number of benzene rings is 3. The van der Waals surface area contributed by atoms with E-state index in [1.54, 1.807) is 31.4 Å². The molecule has 0 aliphatic rings. The molecule has 1 amide bonds. The highest BCUT2D eigenvalue weighted by Gasteiger charge is 2.13. The summed E-state index contributed by atoms with van der Waals surface area (Å²) in [5.74, 6) is 0.589. The standard InChI is InChI=1S/C22H22N2O2/c1-26-21-14-12-20(13-15-21)22(25)23-24(16-18-8-4-2-5-9-18)17-19-10-6-3-7-11-19/h2-15H,16-17H2,1H3,(H,23,25). The first kappa shape index (κ1) is 17.7. The van der Waals surface area contributed by atoms with Gasteiger partial charge in [0.1, 0.15) is 5.75 Å². The maximum Gasteiger partial charge on any atom is 0.265 e. The smallest absolute Gasteiger partial charge is 0.265 e. The zero-order valence-corrected chi connectivity index (χ0v) is 14.8. The van der Waals surface area contributed by atoms with Crippen molar-refractivity contribution in [3.63, 3.8) is 0 Å². The second-order valence-electron chi connectivity index (χ2n) is 6.00. The van der Waals surface area contributed by atoms with E-state index in [-0.39, 0.29) is 5.91 Å². The largest absolute Gasteiger partial charge is 0.497 e. The summed E-state index contributed by atoms with van der Waals surface area (Å²) in [5, 5.41) is 1.93. The van der Waals surface area contributed by atoms with Crippen molar-refractivity contribution in [3.8, 4) is 5.75 Å². The van der Waals surface area contributed by atoms with Gasteiger partial charge in [-0.25, -0.2) is 5.01 Å². The van der Waals surface area contributed by atoms with Crippen LogP contribution in [0.15, 0.2) is 84.9 Å². The van der Waals surface area contributed by atoms with Crippen LogP contribution in [0.25, 0.3) is 0 Å². The van der Waals surface area contributed by atoms with Crippen LogP contribution in [0.3, 0.4) is 0 Å². The zero-order valence-electron chi connectivity index (χ0n) is 14.8. The molecule has 0 atom stereocenters. The Morgan fingerprint density at radius 1 is 0.808 bits per heavy atom. The van der Waals surface area contributed by atoms with Crippen LogP contribution in [0, 0.1) is 0 Å². The summed E-state index contributed by atoms with van der Waals surface area (Å²) in [6, 6.07) is 27.3. The van der Waals surface area contributed by atoms with Crippen molar-refractivity contribution in [3.05, 3.63) is 102 Å². The normalized spacial score (nSPS) is 10.5. The molecule has 132 valence electrons. The molecule has 0 aliphatic carbocycles. The van der Waals surface area contributed by atoms with Gasteiger partial charge >= 0.3 is 0 Å². The summed E-state index contributed by atoms with van der Waals surface area (Å²) in [5.41, 5.74) is 5.89. The number of nitrogens with zero attached hydrogens (tertiary/aromatic N) is 1. The predicted octanol–water partition coefficient (Wildman–Crippen LogP) is 4.04. The molecule has 4 nitrogen and oxygen atoms in total. The van der Waals surface area contributed by atoms with Crippen molar-refractivity contribution in [1.29, 1.82) is 0 Å². The van der Waals surface area contributed by atoms with Crippen LogP contribution in [0.1, 0.15) is 21.5 Å². The highest BCUT2D eigenvalue weighted by molar-refractivity contribution is 5.93. The van der Waals surface area contributed by atoms with Crippen LogP contribution in [-0.2, 0) is 13.1 Å². The Labute approximate surface area is 154 Å². The Balaban J connectivity index is 1.74. The first-order valence-corrected chi connectivity index (χ1v) is 8.52. The maximum absolute atomic E-state index is 12.6. The molecule has 26 heavy (non-hydrogen) atoms. The SMILES string of the molecule is COc1ccc(C(=O)NN(Cc2ccccc2)Cc2ccccc2)cc1. The molecule has 3 aromatic rings. The van der Waals surface area contributed by atoms with Gasteiger partial charge in [-0.2, -0.15) is 0 Å². The Morgan fingerprint density at radius 3 is 1.77 bits per heavy atom. The van der Waals surface area contributed by atoms with Crippen molar-refractivity contribution in [1.82, 2.24) is 10.4 Å². The number of ether oxygens (including phenoxy) is 1. The first-order valence-electron chi connectivity index (χ1n) is 8.52. The van der Waals surface area contributed by atoms with Crippen molar-refractivity contribution in [2.75, 3.05) is 7.11 Å². The van der Waals surface area contributed by atoms with E-state index in [4.69, 9.17) is 4.74 Å². The summed E-state index contributed by atoms with van der Waals surface area (Å²) in [4.78, 5) is 12.6. The van der Waals surface area contributed by atoms with Gasteiger partial charge in [-0.1, -0.05) is 60.7 Å². The Morgan fingerprint density at radius 2 is 1.31 bits per heavy atom. The second-order valence-corrected chi connectivity index (χ2v) is 6.00. The van der Waals surface area contributed by atoms with E-state index in [9.17, 15) is 4.79 Å². The minimum atomic E-state index is -0.139. The summed E-state index contributed by atoms with van der Waals surface area (Å²) < 4.78 is 5.15. The van der Waals surface area contributed by atoms with Gasteiger partial charge < -0.3 is 4.74 Å². The van der Waals surface area contributed by atoms with Gasteiger partial charge in [0, 0.05) is 18.7 Å². The number of amides is 1. The van der Waals surface area contributed by atoms with Crippen LogP contribution in [0.2, 0.25) is 0 Å². The molecule has 0 aliphatic heterocycles. The molecule has 0 bridgehead atoms. The van der Waals surface area contributed by atoms with E-state index in [1.165, 1.54) is 0 Å². The van der Waals surface area contributed by atoms with Crippen LogP contribution in [-0.4, -0.2) is 18.0 Å². The third-order valence-electron chi connectivity index (χ3n) is 4.04. The second kappa shape index (κ2) is 8.83. The van der Waals surface area contributed by atoms with Gasteiger partial charge in [0.25, 0.3) is 5.91 Å². The Hall–Kier alpha value is -3.11. The summed E-state index contributed by atoms with van der Waals surface area (Å²) in [6.07, 6.45) is 0. The lowest BCUT2D eigenvalue weighted by Gasteiger charge is -2.23. The van der Waals surface area contributed by atoms with Crippen molar-refractivity contribution < 1.29 is 9.53 Å². The molecule has 0 fully saturated rings. The minimum absolute atomic E-state index is 0.139. The van der Waals surface area contributed by atoms with Gasteiger partial charge in [-0.3, -0.25) is 10.2 Å². The predicted molar refractivity (Wildman–Crippen MR) is 103 cm³/mol. The van der Waals surface area contributed by atoms with E-state index in [1.807, 2.05) is 41.4 Å². The van der Waals surface area contributed by atoms with Gasteiger partial charge in [0.2, 0.25) is 0 Å². The van der Waals surface area contributed by atoms with Gasteiger partial charge in [-0.05, 0) is 35.4 Å². The lowest BCUT2D eigenvalue weighted by Crippen LogP contribution is -2.41. The summed E-state index contributed by atoms with van der Waals surface area (Å²) in [7, 11) is 1.61. The first-order chi connectivity index (χ1) is 12.7. The molecule has 0 saturated carbocycles. The van der Waals surface area contributed by atoms with Gasteiger partial charge in [0.15, 0.2) is 0 Å². The number of carbonyl (C=O) groups excluding carboxylic acids is 1. The van der Waals surface area contributed by atoms with Gasteiger partial charge in [-0.15, -0.1) is 0 Å². The summed E-state index contributed by atoms with van der Waals surface area (Å²) in [6.45, 7) is 1.25. The van der Waals surface area contributed by atoms with E-state index >= 15 is 0 Å². The molecule has 3 aromatic carbocycles. The Kier molecular flexibility index (Phi) is 6.01. The quantitative estimate of drug-likeness (QED) is 0.657. The number of carbonyl (C=O) groups is 1. The fraction of sp³-hybridized carbons (Fsp3) is 0.136. The molecule has 1 N–H and O–H groups in total. The lowest BCUT2D eigenvalue weighted by molar-refractivity contribution is 0.0759. The van der Waals surface area contributed by atoms with Crippen LogP contribution >= 0.6 is 0 Å². The molecule has 0 radical (unpaired) electrons. The fourth-order valence-corrected chi connectivity index (χ4v) is 2.69. The van der Waals surface area contributed by atoms with Crippen molar-refractivity contribution in [2.45, 2.75) is 13.1 Å². The van der Waals surface area contributed by atoms with E-state index in [0.29, 0.717) is 18.7 Å². The highest BCUT2D eigenvalue weighted by atomic mass is 16.5. The third kappa shape index (κ3) is 4.94. The van der Waals surface area contributed by atoms with Crippen LogP contribution < -0.4 is 10.2 Å². The van der Waals surface area contributed by atoms with Crippen molar-refractivity contribution in [2.24, 2.45) is 0 Å². The number of rotatable bonds is 7. The van der Waals surface area contributed by atoms with Gasteiger partial charge in [0.05, 0.1) is 7.11 Å². The average Bonchev–Trinajstić information content (AvgIpc) is 2.69. The Bertz CT molecular complexity index is 776. The summed E-state index contributed by atoms with van der Waals surface area (Å²) >= 11 is 0. The highest BCUT2D eigenvalue weighted by Crippen LogP contribution is 2.13. The molecule has 3 rings (SSSR count). The molecule has 0 unspecified atom stereocenters. The van der Waals surface area contributed by atoms with E-state index in [2.05, 4.69) is 29.7 Å². The number of methoxy groups -OCH3 is 1. The fourth-order valence-electron chi connectivity index (χ4n) is 2.69. The average molecular weight is 346 g/mol. The topological polar surface area (TPSA) is 41.6 Å². The third-order valence-corrected chi connectivity index (χ3v) is 4.04. The number of hydrazine groups is 1. The zero-order chi connectivity index (χ0) is 18.2. The molecular formula is C22H22N2O2. The molecule has 0 spiro atoms. The van der Waals surface area contributed by atoms with Crippen molar-refractivity contribution >= 4 is 5.91 Å². The molecule has 0 heterocycles. The molecular weight excluding hydrogens is 324 g/mol. The van der Waals surface area contributed by atoms with E-state index < -0.39 is 0 Å². The number of hydrogen-bond donors (Lipinski definition) is 1. The molecule has 4 heteroatoms. The van der Waals surface area contributed by atoms with Crippen LogP contribution in [0.4, 0.5) is 0 Å². The monoisotopic (exact) mass is 346 g/mol. The molecule has 0 aromatic heterocycles. The maximum atomic E-state index is 12.6. The number of nitrogens with one attached hydrogen (secondary N) is 1. The van der Waals surface area contributed by atoms with E-state index in [0.717, 1.165) is 16.9 Å².